The third-order valence-corrected chi connectivity index (χ3v) is 4.01. The van der Waals surface area contributed by atoms with Crippen molar-refractivity contribution in [2.24, 2.45) is 7.05 Å². The van der Waals surface area contributed by atoms with E-state index in [4.69, 9.17) is 5.11 Å². The van der Waals surface area contributed by atoms with Crippen LogP contribution in [0, 0.1) is 18.8 Å². The molecule has 0 bridgehead atoms. The third kappa shape index (κ3) is 3.90. The number of aromatic nitrogens is 3. The second-order valence-electron chi connectivity index (χ2n) is 4.45. The smallest absolute Gasteiger partial charge is 0.261 e. The maximum atomic E-state index is 12.1. The Morgan fingerprint density at radius 1 is 1.57 bits per heavy atom. The molecule has 0 fully saturated rings. The van der Waals surface area contributed by atoms with Gasteiger partial charge in [-0.3, -0.25) is 4.79 Å². The molecule has 1 amide bonds. The highest BCUT2D eigenvalue weighted by molar-refractivity contribution is 7.14. The number of carbonyl (C=O) groups excluding carboxylic acids is 1. The highest BCUT2D eigenvalue weighted by Gasteiger charge is 2.11. The lowest BCUT2D eigenvalue weighted by atomic mass is 10.2. The SMILES string of the molecule is Cc1cc(C(=O)NCCc2nncn2C)sc1C#CCO. The van der Waals surface area contributed by atoms with Gasteiger partial charge in [-0.25, -0.2) is 0 Å². The van der Waals surface area contributed by atoms with Gasteiger partial charge in [0.15, 0.2) is 0 Å². The van der Waals surface area contributed by atoms with Crippen molar-refractivity contribution >= 4 is 17.2 Å². The molecule has 2 aromatic rings. The number of amides is 1. The van der Waals surface area contributed by atoms with E-state index >= 15 is 0 Å². The molecule has 0 spiro atoms. The Labute approximate surface area is 126 Å². The minimum atomic E-state index is -0.184. The molecule has 0 aliphatic rings. The van der Waals surface area contributed by atoms with Crippen LogP contribution in [0.3, 0.4) is 0 Å². The van der Waals surface area contributed by atoms with Gasteiger partial charge in [-0.1, -0.05) is 11.8 Å². The van der Waals surface area contributed by atoms with Gasteiger partial charge in [0.2, 0.25) is 0 Å². The number of aliphatic hydroxyl groups is 1. The normalized spacial score (nSPS) is 10.0. The predicted molar refractivity (Wildman–Crippen MR) is 80.1 cm³/mol. The van der Waals surface area contributed by atoms with Crippen molar-refractivity contribution < 1.29 is 9.90 Å². The number of aliphatic hydroxyl groups excluding tert-OH is 1. The molecule has 0 aliphatic carbocycles. The second kappa shape index (κ2) is 7.02. The average molecular weight is 304 g/mol. The molecule has 0 atom stereocenters. The summed E-state index contributed by atoms with van der Waals surface area (Å²) < 4.78 is 1.82. The van der Waals surface area contributed by atoms with Crippen LogP contribution in [0.1, 0.15) is 25.9 Å². The minimum absolute atomic E-state index is 0.123. The van der Waals surface area contributed by atoms with Gasteiger partial charge in [0, 0.05) is 20.0 Å². The quantitative estimate of drug-likeness (QED) is 0.806. The first-order valence-electron chi connectivity index (χ1n) is 6.43. The van der Waals surface area contributed by atoms with Gasteiger partial charge in [-0.15, -0.1) is 21.5 Å². The Hall–Kier alpha value is -2.17. The summed E-state index contributed by atoms with van der Waals surface area (Å²) in [4.78, 5) is 13.5. The van der Waals surface area contributed by atoms with Gasteiger partial charge in [-0.2, -0.15) is 0 Å². The van der Waals surface area contributed by atoms with Crippen LogP contribution in [0.5, 0.6) is 0 Å². The maximum absolute atomic E-state index is 12.1. The first kappa shape index (κ1) is 15.2. The van der Waals surface area contributed by atoms with Gasteiger partial charge in [0.05, 0.1) is 9.75 Å². The van der Waals surface area contributed by atoms with Crippen LogP contribution < -0.4 is 5.32 Å². The number of carbonyl (C=O) groups is 1. The average Bonchev–Trinajstić information content (AvgIpc) is 3.03. The minimum Gasteiger partial charge on any atom is -0.384 e. The van der Waals surface area contributed by atoms with Gasteiger partial charge in [-0.05, 0) is 18.6 Å². The van der Waals surface area contributed by atoms with Crippen molar-refractivity contribution in [3.63, 3.8) is 0 Å². The number of aryl methyl sites for hydroxylation is 2. The molecule has 2 N–H and O–H groups in total. The topological polar surface area (TPSA) is 80.0 Å². The fourth-order valence-corrected chi connectivity index (χ4v) is 2.71. The van der Waals surface area contributed by atoms with E-state index in [1.807, 2.05) is 24.6 Å². The van der Waals surface area contributed by atoms with Crippen LogP contribution in [0.4, 0.5) is 0 Å². The van der Waals surface area contributed by atoms with Crippen LogP contribution in [0.2, 0.25) is 0 Å². The molecule has 2 rings (SSSR count). The Morgan fingerprint density at radius 2 is 2.38 bits per heavy atom. The molecule has 2 heterocycles. The Kier molecular flexibility index (Phi) is 5.09. The Bertz CT molecular complexity index is 693. The number of nitrogens with one attached hydrogen (secondary N) is 1. The van der Waals surface area contributed by atoms with Crippen molar-refractivity contribution in [1.29, 1.82) is 0 Å². The van der Waals surface area contributed by atoms with E-state index in [-0.39, 0.29) is 12.5 Å². The molecule has 110 valence electrons. The molecule has 2 aromatic heterocycles. The van der Waals surface area contributed by atoms with Crippen LogP contribution >= 0.6 is 11.3 Å². The summed E-state index contributed by atoms with van der Waals surface area (Å²) in [6, 6.07) is 1.81. The van der Waals surface area contributed by atoms with Crippen LogP contribution in [0.25, 0.3) is 0 Å². The Balaban J connectivity index is 1.93. The molecule has 0 saturated carbocycles. The number of hydrogen-bond donors (Lipinski definition) is 2. The summed E-state index contributed by atoms with van der Waals surface area (Å²) in [5, 5.41) is 19.3. The molecule has 0 aliphatic heterocycles. The van der Waals surface area contributed by atoms with Crippen molar-refractivity contribution in [3.8, 4) is 11.8 Å². The van der Waals surface area contributed by atoms with E-state index in [1.165, 1.54) is 11.3 Å². The molecule has 0 unspecified atom stereocenters. The van der Waals surface area contributed by atoms with Gasteiger partial charge in [0.25, 0.3) is 5.91 Å². The van der Waals surface area contributed by atoms with E-state index in [0.29, 0.717) is 17.8 Å². The zero-order valence-electron chi connectivity index (χ0n) is 11.9. The lowest BCUT2D eigenvalue weighted by Crippen LogP contribution is -2.25. The van der Waals surface area contributed by atoms with Crippen molar-refractivity contribution in [2.45, 2.75) is 13.3 Å². The number of rotatable bonds is 4. The lowest BCUT2D eigenvalue weighted by Gasteiger charge is -2.02. The van der Waals surface area contributed by atoms with Crippen LogP contribution in [-0.4, -0.2) is 38.9 Å². The molecular weight excluding hydrogens is 288 g/mol. The summed E-state index contributed by atoms with van der Waals surface area (Å²) in [5.41, 5.74) is 0.944. The molecule has 0 saturated heterocycles. The monoisotopic (exact) mass is 304 g/mol. The van der Waals surface area contributed by atoms with Crippen molar-refractivity contribution in [3.05, 3.63) is 33.5 Å². The molecule has 0 radical (unpaired) electrons. The maximum Gasteiger partial charge on any atom is 0.261 e. The number of thiophene rings is 1. The van der Waals surface area contributed by atoms with E-state index in [9.17, 15) is 4.79 Å². The first-order valence-corrected chi connectivity index (χ1v) is 7.24. The van der Waals surface area contributed by atoms with E-state index in [2.05, 4.69) is 27.4 Å². The van der Waals surface area contributed by atoms with Gasteiger partial charge >= 0.3 is 0 Å². The summed E-state index contributed by atoms with van der Waals surface area (Å²) >= 11 is 1.33. The molecular formula is C14H16N4O2S. The van der Waals surface area contributed by atoms with E-state index in [1.54, 1.807) is 6.33 Å². The summed E-state index contributed by atoms with van der Waals surface area (Å²) in [5.74, 6) is 6.14. The molecule has 6 nitrogen and oxygen atoms in total. The van der Waals surface area contributed by atoms with Crippen molar-refractivity contribution in [2.75, 3.05) is 13.2 Å². The van der Waals surface area contributed by atoms with Crippen LogP contribution in [0.15, 0.2) is 12.4 Å². The fourth-order valence-electron chi connectivity index (χ4n) is 1.75. The first-order chi connectivity index (χ1) is 10.1. The van der Waals surface area contributed by atoms with Gasteiger partial charge < -0.3 is 15.0 Å². The molecule has 7 heteroatoms. The summed E-state index contributed by atoms with van der Waals surface area (Å²) in [6.45, 7) is 2.21. The fraction of sp³-hybridized carbons (Fsp3) is 0.357. The zero-order chi connectivity index (χ0) is 15.2. The predicted octanol–water partition coefficient (Wildman–Crippen LogP) is 0.501. The standard InChI is InChI=1S/C14H16N4O2S/c1-10-8-12(21-11(10)4-3-7-19)14(20)15-6-5-13-17-16-9-18(13)2/h8-9,19H,5-7H2,1-2H3,(H,15,20). The Morgan fingerprint density at radius 3 is 3.05 bits per heavy atom. The highest BCUT2D eigenvalue weighted by Crippen LogP contribution is 2.20. The third-order valence-electron chi connectivity index (χ3n) is 2.86. The van der Waals surface area contributed by atoms with Gasteiger partial charge in [0.1, 0.15) is 18.8 Å². The van der Waals surface area contributed by atoms with E-state index in [0.717, 1.165) is 16.3 Å². The summed E-state index contributed by atoms with van der Waals surface area (Å²) in [7, 11) is 1.87. The van der Waals surface area contributed by atoms with Crippen molar-refractivity contribution in [1.82, 2.24) is 20.1 Å². The number of nitrogens with zero attached hydrogens (tertiary/aromatic N) is 3. The highest BCUT2D eigenvalue weighted by atomic mass is 32.1. The lowest BCUT2D eigenvalue weighted by molar-refractivity contribution is 0.0958. The molecule has 21 heavy (non-hydrogen) atoms. The second-order valence-corrected chi connectivity index (χ2v) is 5.50. The molecule has 0 aromatic carbocycles. The zero-order valence-corrected chi connectivity index (χ0v) is 12.7. The summed E-state index contributed by atoms with van der Waals surface area (Å²) in [6.07, 6.45) is 2.26. The number of hydrogen-bond acceptors (Lipinski definition) is 5. The largest absolute Gasteiger partial charge is 0.384 e. The van der Waals surface area contributed by atoms with Crippen LogP contribution in [-0.2, 0) is 13.5 Å². The van der Waals surface area contributed by atoms with E-state index < -0.39 is 0 Å².